The second-order valence-electron chi connectivity index (χ2n) is 5.70. The van der Waals surface area contributed by atoms with E-state index in [1.165, 1.54) is 24.3 Å². The number of oxazole rings is 1. The molecule has 1 aromatic rings. The lowest BCUT2D eigenvalue weighted by molar-refractivity contribution is 0.0917. The molecule has 0 bridgehead atoms. The van der Waals surface area contributed by atoms with Gasteiger partial charge in [0.1, 0.15) is 11.5 Å². The Hall–Kier alpha value is -0.770. The molecule has 2 aliphatic rings. The highest BCUT2D eigenvalue weighted by atomic mass is 32.2. The summed E-state index contributed by atoms with van der Waals surface area (Å²) >= 11 is 2.03. The number of aryl methyl sites for hydroxylation is 1. The first kappa shape index (κ1) is 13.2. The lowest BCUT2D eigenvalue weighted by Gasteiger charge is -2.30. The van der Waals surface area contributed by atoms with Gasteiger partial charge in [-0.2, -0.15) is 11.8 Å². The zero-order valence-corrected chi connectivity index (χ0v) is 12.3. The van der Waals surface area contributed by atoms with Crippen molar-refractivity contribution in [1.29, 1.82) is 0 Å². The molecule has 1 aromatic heterocycles. The van der Waals surface area contributed by atoms with Gasteiger partial charge >= 0.3 is 0 Å². The van der Waals surface area contributed by atoms with Crippen molar-refractivity contribution < 1.29 is 9.21 Å². The number of thioether (sulfide) groups is 1. The molecule has 0 N–H and O–H groups in total. The first-order valence-electron chi connectivity index (χ1n) is 7.37. The third kappa shape index (κ3) is 2.73. The molecule has 19 heavy (non-hydrogen) atoms. The second kappa shape index (κ2) is 5.70. The highest BCUT2D eigenvalue weighted by molar-refractivity contribution is 7.99. The average Bonchev–Trinajstić information content (AvgIpc) is 2.83. The van der Waals surface area contributed by atoms with Crippen LogP contribution in [-0.4, -0.2) is 22.3 Å². The van der Waals surface area contributed by atoms with Crippen molar-refractivity contribution in [3.8, 4) is 0 Å². The smallest absolute Gasteiger partial charge is 0.195 e. The molecule has 0 radical (unpaired) electrons. The third-order valence-corrected chi connectivity index (χ3v) is 5.47. The summed E-state index contributed by atoms with van der Waals surface area (Å²) in [6.45, 7) is 2.10. The number of ketones is 1. The van der Waals surface area contributed by atoms with Crippen LogP contribution in [0.2, 0.25) is 0 Å². The highest BCUT2D eigenvalue weighted by Gasteiger charge is 2.35. The number of hydrogen-bond donors (Lipinski definition) is 0. The summed E-state index contributed by atoms with van der Waals surface area (Å²) in [5.41, 5.74) is 0.628. The van der Waals surface area contributed by atoms with Crippen LogP contribution >= 0.6 is 11.8 Å². The van der Waals surface area contributed by atoms with Gasteiger partial charge in [0.05, 0.1) is 0 Å². The number of Topliss-reactive ketones (excluding diaryl/α,β-unsaturated/α-hetero) is 1. The van der Waals surface area contributed by atoms with E-state index in [2.05, 4.69) is 11.9 Å². The topological polar surface area (TPSA) is 43.1 Å². The van der Waals surface area contributed by atoms with Gasteiger partial charge < -0.3 is 4.42 Å². The molecule has 0 amide bonds. The van der Waals surface area contributed by atoms with Crippen LogP contribution < -0.4 is 0 Å². The zero-order valence-electron chi connectivity index (χ0n) is 11.5. The summed E-state index contributed by atoms with van der Waals surface area (Å²) in [7, 11) is 0. The van der Waals surface area contributed by atoms with Crippen molar-refractivity contribution in [2.24, 2.45) is 11.8 Å². The Kier molecular flexibility index (Phi) is 3.96. The fraction of sp³-hybridized carbons (Fsp3) is 0.733. The standard InChI is InChI=1S/C15H21NO2S/c1-2-4-14-16-15-12(17)7-11(8-13(15)18-14)10-5-3-6-19-9-10/h10-11H,2-9H2,1H3. The van der Waals surface area contributed by atoms with Crippen LogP contribution in [0.3, 0.4) is 0 Å². The number of carbonyl (C=O) groups excluding carboxylic acids is 1. The molecule has 1 aliphatic carbocycles. The first-order valence-corrected chi connectivity index (χ1v) is 8.53. The van der Waals surface area contributed by atoms with Gasteiger partial charge in [-0.1, -0.05) is 6.92 Å². The number of nitrogens with zero attached hydrogens (tertiary/aromatic N) is 1. The molecule has 2 unspecified atom stereocenters. The average molecular weight is 279 g/mol. The van der Waals surface area contributed by atoms with E-state index in [4.69, 9.17) is 4.42 Å². The van der Waals surface area contributed by atoms with Gasteiger partial charge in [0.25, 0.3) is 0 Å². The molecule has 1 aliphatic heterocycles. The van der Waals surface area contributed by atoms with E-state index in [1.807, 2.05) is 11.8 Å². The fourth-order valence-corrected chi connectivity index (χ4v) is 4.47. The second-order valence-corrected chi connectivity index (χ2v) is 6.85. The van der Waals surface area contributed by atoms with E-state index < -0.39 is 0 Å². The van der Waals surface area contributed by atoms with Crippen LogP contribution in [0.15, 0.2) is 4.42 Å². The van der Waals surface area contributed by atoms with Crippen LogP contribution in [0.4, 0.5) is 0 Å². The predicted molar refractivity (Wildman–Crippen MR) is 76.7 cm³/mol. The molecular formula is C15H21NO2S. The van der Waals surface area contributed by atoms with E-state index in [-0.39, 0.29) is 5.78 Å². The number of fused-ring (bicyclic) bond motifs is 1. The predicted octanol–water partition coefficient (Wildman–Crippen LogP) is 3.52. The minimum absolute atomic E-state index is 0.202. The van der Waals surface area contributed by atoms with E-state index in [0.717, 1.165) is 30.9 Å². The van der Waals surface area contributed by atoms with E-state index in [1.54, 1.807) is 0 Å². The van der Waals surface area contributed by atoms with E-state index in [0.29, 0.717) is 24.0 Å². The molecule has 4 heteroatoms. The fourth-order valence-electron chi connectivity index (χ4n) is 3.19. The molecule has 0 aromatic carbocycles. The van der Waals surface area contributed by atoms with Crippen molar-refractivity contribution in [3.05, 3.63) is 17.3 Å². The lowest BCUT2D eigenvalue weighted by Crippen LogP contribution is -2.29. The Morgan fingerprint density at radius 1 is 1.37 bits per heavy atom. The van der Waals surface area contributed by atoms with Crippen molar-refractivity contribution in [3.63, 3.8) is 0 Å². The molecule has 2 atom stereocenters. The number of rotatable bonds is 3. The Morgan fingerprint density at radius 3 is 3.00 bits per heavy atom. The molecule has 0 saturated carbocycles. The summed E-state index contributed by atoms with van der Waals surface area (Å²) in [6.07, 6.45) is 6.01. The number of hydrogen-bond acceptors (Lipinski definition) is 4. The number of carbonyl (C=O) groups is 1. The molecule has 3 rings (SSSR count). The Bertz CT molecular complexity index is 463. The van der Waals surface area contributed by atoms with Gasteiger partial charge in [0, 0.05) is 19.3 Å². The monoisotopic (exact) mass is 279 g/mol. The summed E-state index contributed by atoms with van der Waals surface area (Å²) in [5, 5.41) is 0. The molecule has 0 spiro atoms. The van der Waals surface area contributed by atoms with Crippen LogP contribution in [-0.2, 0) is 12.8 Å². The lowest BCUT2D eigenvalue weighted by atomic mass is 9.79. The summed E-state index contributed by atoms with van der Waals surface area (Å²) in [6, 6.07) is 0. The van der Waals surface area contributed by atoms with Crippen LogP contribution in [0.5, 0.6) is 0 Å². The SMILES string of the molecule is CCCc1nc2c(o1)CC(C1CCCSC1)CC2=O. The van der Waals surface area contributed by atoms with Crippen LogP contribution in [0.1, 0.15) is 54.7 Å². The first-order chi connectivity index (χ1) is 9.28. The summed E-state index contributed by atoms with van der Waals surface area (Å²) in [5.74, 6) is 5.48. The minimum Gasteiger partial charge on any atom is -0.445 e. The van der Waals surface area contributed by atoms with E-state index in [9.17, 15) is 4.79 Å². The van der Waals surface area contributed by atoms with Crippen molar-refractivity contribution in [1.82, 2.24) is 4.98 Å². The molecule has 104 valence electrons. The van der Waals surface area contributed by atoms with Crippen LogP contribution in [0.25, 0.3) is 0 Å². The molecule has 2 heterocycles. The van der Waals surface area contributed by atoms with Crippen molar-refractivity contribution in [2.75, 3.05) is 11.5 Å². The third-order valence-electron chi connectivity index (χ3n) is 4.23. The van der Waals surface area contributed by atoms with Crippen LogP contribution in [0, 0.1) is 11.8 Å². The van der Waals surface area contributed by atoms with Gasteiger partial charge in [0.2, 0.25) is 0 Å². The maximum absolute atomic E-state index is 12.2. The van der Waals surface area contributed by atoms with Gasteiger partial charge in [0.15, 0.2) is 11.7 Å². The summed E-state index contributed by atoms with van der Waals surface area (Å²) in [4.78, 5) is 16.6. The summed E-state index contributed by atoms with van der Waals surface area (Å²) < 4.78 is 5.80. The Labute approximate surface area is 118 Å². The Balaban J connectivity index is 1.76. The maximum atomic E-state index is 12.2. The molecule has 1 saturated heterocycles. The van der Waals surface area contributed by atoms with Crippen molar-refractivity contribution >= 4 is 17.5 Å². The maximum Gasteiger partial charge on any atom is 0.195 e. The molecular weight excluding hydrogens is 258 g/mol. The van der Waals surface area contributed by atoms with Gasteiger partial charge in [-0.15, -0.1) is 0 Å². The number of aromatic nitrogens is 1. The highest BCUT2D eigenvalue weighted by Crippen LogP contribution is 2.36. The largest absolute Gasteiger partial charge is 0.445 e. The minimum atomic E-state index is 0.202. The van der Waals surface area contributed by atoms with E-state index >= 15 is 0 Å². The molecule has 1 fully saturated rings. The normalized spacial score (nSPS) is 27.3. The molecule has 3 nitrogen and oxygen atoms in total. The van der Waals surface area contributed by atoms with Gasteiger partial charge in [-0.25, -0.2) is 4.98 Å². The van der Waals surface area contributed by atoms with Crippen molar-refractivity contribution in [2.45, 2.75) is 45.4 Å². The van der Waals surface area contributed by atoms with Gasteiger partial charge in [-0.3, -0.25) is 4.79 Å². The Morgan fingerprint density at radius 2 is 2.26 bits per heavy atom. The van der Waals surface area contributed by atoms with Gasteiger partial charge in [-0.05, 0) is 42.6 Å². The zero-order chi connectivity index (χ0) is 13.2. The quantitative estimate of drug-likeness (QED) is 0.849.